The van der Waals surface area contributed by atoms with Gasteiger partial charge in [0, 0.05) is 26.2 Å². The molecule has 1 fully saturated rings. The van der Waals surface area contributed by atoms with Crippen molar-refractivity contribution in [2.45, 2.75) is 39.7 Å². The second kappa shape index (κ2) is 7.18. The number of carbonyl (C=O) groups is 3. The number of amides is 2. The maximum Gasteiger partial charge on any atom is 0.311 e. The van der Waals surface area contributed by atoms with Gasteiger partial charge in [0.1, 0.15) is 0 Å². The standard InChI is InChI=1S/C21H26N2O4/c1-14(2)21(20(26)27)9-11-22(13-21)19(25)12-18-17-7-5-4-6-16(17)8-10-23(18)15(3)24/h4-8,10,14,18H,9,11-13H2,1-3H3,(H,26,27). The minimum Gasteiger partial charge on any atom is -0.481 e. The number of aliphatic carboxylic acids is 1. The summed E-state index contributed by atoms with van der Waals surface area (Å²) in [7, 11) is 0. The van der Waals surface area contributed by atoms with Crippen molar-refractivity contribution in [3.05, 3.63) is 41.6 Å². The second-order valence-corrected chi connectivity index (χ2v) is 7.77. The quantitative estimate of drug-likeness (QED) is 0.884. The van der Waals surface area contributed by atoms with E-state index in [0.29, 0.717) is 13.0 Å². The lowest BCUT2D eigenvalue weighted by Crippen LogP contribution is -2.41. The molecular formula is C21H26N2O4. The summed E-state index contributed by atoms with van der Waals surface area (Å²) in [6.45, 7) is 5.93. The Morgan fingerprint density at radius 3 is 2.56 bits per heavy atom. The van der Waals surface area contributed by atoms with Crippen molar-refractivity contribution in [2.24, 2.45) is 11.3 Å². The van der Waals surface area contributed by atoms with E-state index in [-0.39, 0.29) is 36.7 Å². The van der Waals surface area contributed by atoms with Crippen molar-refractivity contribution >= 4 is 23.9 Å². The zero-order chi connectivity index (χ0) is 19.8. The van der Waals surface area contributed by atoms with E-state index in [1.54, 1.807) is 16.0 Å². The molecule has 0 aromatic heterocycles. The molecule has 0 bridgehead atoms. The minimum absolute atomic E-state index is 0.0557. The van der Waals surface area contributed by atoms with E-state index < -0.39 is 11.4 Å². The van der Waals surface area contributed by atoms with Gasteiger partial charge < -0.3 is 14.9 Å². The van der Waals surface area contributed by atoms with Crippen LogP contribution in [0.25, 0.3) is 6.08 Å². The Balaban J connectivity index is 1.81. The van der Waals surface area contributed by atoms with Gasteiger partial charge >= 0.3 is 5.97 Å². The SMILES string of the molecule is CC(=O)N1C=Cc2ccccc2C1CC(=O)N1CCC(C(=O)O)(C(C)C)C1. The molecule has 2 unspecified atom stereocenters. The molecule has 6 heteroatoms. The lowest BCUT2D eigenvalue weighted by molar-refractivity contribution is -0.151. The van der Waals surface area contributed by atoms with Crippen molar-refractivity contribution in [3.8, 4) is 0 Å². The summed E-state index contributed by atoms with van der Waals surface area (Å²) in [6.07, 6.45) is 4.21. The Kier molecular flexibility index (Phi) is 5.09. The molecule has 27 heavy (non-hydrogen) atoms. The number of carboxylic acid groups (broad SMARTS) is 1. The van der Waals surface area contributed by atoms with E-state index in [0.717, 1.165) is 11.1 Å². The number of nitrogens with zero attached hydrogens (tertiary/aromatic N) is 2. The molecule has 6 nitrogen and oxygen atoms in total. The molecular weight excluding hydrogens is 344 g/mol. The number of fused-ring (bicyclic) bond motifs is 1. The Morgan fingerprint density at radius 1 is 1.26 bits per heavy atom. The van der Waals surface area contributed by atoms with Gasteiger partial charge in [0.25, 0.3) is 0 Å². The molecule has 0 saturated carbocycles. The lowest BCUT2D eigenvalue weighted by atomic mass is 9.76. The normalized spacial score (nSPS) is 24.2. The van der Waals surface area contributed by atoms with Gasteiger partial charge in [0.15, 0.2) is 0 Å². The first kappa shape index (κ1) is 19.1. The highest BCUT2D eigenvalue weighted by Crippen LogP contribution is 2.40. The molecule has 144 valence electrons. The third-order valence-corrected chi connectivity index (χ3v) is 6.02. The minimum atomic E-state index is -0.889. The Hall–Kier alpha value is -2.63. The van der Waals surface area contributed by atoms with Crippen molar-refractivity contribution in [1.82, 2.24) is 9.80 Å². The largest absolute Gasteiger partial charge is 0.481 e. The summed E-state index contributed by atoms with van der Waals surface area (Å²) >= 11 is 0. The van der Waals surface area contributed by atoms with Crippen molar-refractivity contribution in [1.29, 1.82) is 0 Å². The number of hydrogen-bond donors (Lipinski definition) is 1. The van der Waals surface area contributed by atoms with Gasteiger partial charge in [0.2, 0.25) is 11.8 Å². The summed E-state index contributed by atoms with van der Waals surface area (Å²) in [5, 5.41) is 9.70. The van der Waals surface area contributed by atoms with Crippen LogP contribution in [0.1, 0.15) is 50.8 Å². The molecule has 2 atom stereocenters. The molecule has 0 aliphatic carbocycles. The Morgan fingerprint density at radius 2 is 1.96 bits per heavy atom. The monoisotopic (exact) mass is 370 g/mol. The number of benzene rings is 1. The van der Waals surface area contributed by atoms with Crippen molar-refractivity contribution in [3.63, 3.8) is 0 Å². The van der Waals surface area contributed by atoms with Crippen LogP contribution in [0.3, 0.4) is 0 Å². The summed E-state index contributed by atoms with van der Waals surface area (Å²) in [6, 6.07) is 7.36. The van der Waals surface area contributed by atoms with Gasteiger partial charge in [-0.25, -0.2) is 0 Å². The summed E-state index contributed by atoms with van der Waals surface area (Å²) in [5.41, 5.74) is 1.05. The molecule has 1 N–H and O–H groups in total. The number of hydrogen-bond acceptors (Lipinski definition) is 3. The molecule has 0 spiro atoms. The van der Waals surface area contributed by atoms with Gasteiger partial charge in [-0.1, -0.05) is 38.1 Å². The fraction of sp³-hybridized carbons (Fsp3) is 0.476. The maximum atomic E-state index is 13.0. The van der Waals surface area contributed by atoms with Crippen LogP contribution in [-0.4, -0.2) is 45.8 Å². The zero-order valence-corrected chi connectivity index (χ0v) is 16.0. The van der Waals surface area contributed by atoms with Crippen LogP contribution < -0.4 is 0 Å². The third kappa shape index (κ3) is 3.36. The van der Waals surface area contributed by atoms with E-state index in [4.69, 9.17) is 0 Å². The lowest BCUT2D eigenvalue weighted by Gasteiger charge is -2.34. The number of carbonyl (C=O) groups excluding carboxylic acids is 2. The van der Waals surface area contributed by atoms with E-state index in [9.17, 15) is 19.5 Å². The number of carboxylic acids is 1. The zero-order valence-electron chi connectivity index (χ0n) is 16.0. The molecule has 2 heterocycles. The summed E-state index contributed by atoms with van der Waals surface area (Å²) in [5.74, 6) is -1.13. The van der Waals surface area contributed by atoms with Crippen molar-refractivity contribution in [2.75, 3.05) is 13.1 Å². The maximum absolute atomic E-state index is 13.0. The molecule has 1 aromatic rings. The molecule has 2 amide bonds. The molecule has 0 radical (unpaired) electrons. The van der Waals surface area contributed by atoms with Crippen LogP contribution in [0.4, 0.5) is 0 Å². The van der Waals surface area contributed by atoms with Gasteiger partial charge in [-0.15, -0.1) is 0 Å². The first-order chi connectivity index (χ1) is 12.8. The average Bonchev–Trinajstić information content (AvgIpc) is 3.09. The second-order valence-electron chi connectivity index (χ2n) is 7.77. The highest BCUT2D eigenvalue weighted by Gasteiger charge is 2.48. The van der Waals surface area contributed by atoms with Crippen LogP contribution >= 0.6 is 0 Å². The third-order valence-electron chi connectivity index (χ3n) is 6.02. The number of likely N-dealkylation sites (tertiary alicyclic amines) is 1. The first-order valence-corrected chi connectivity index (χ1v) is 9.33. The van der Waals surface area contributed by atoms with Gasteiger partial charge in [0.05, 0.1) is 17.9 Å². The van der Waals surface area contributed by atoms with E-state index in [1.807, 2.05) is 44.2 Å². The molecule has 3 rings (SSSR count). The first-order valence-electron chi connectivity index (χ1n) is 9.33. The predicted molar refractivity (Wildman–Crippen MR) is 101 cm³/mol. The molecule has 2 aliphatic heterocycles. The van der Waals surface area contributed by atoms with E-state index in [2.05, 4.69) is 0 Å². The molecule has 1 saturated heterocycles. The van der Waals surface area contributed by atoms with E-state index >= 15 is 0 Å². The highest BCUT2D eigenvalue weighted by molar-refractivity contribution is 5.83. The van der Waals surface area contributed by atoms with Crippen molar-refractivity contribution < 1.29 is 19.5 Å². The van der Waals surface area contributed by atoms with Crippen LogP contribution in [0.15, 0.2) is 30.5 Å². The van der Waals surface area contributed by atoms with Crippen LogP contribution in [0.5, 0.6) is 0 Å². The number of rotatable bonds is 4. The van der Waals surface area contributed by atoms with Crippen LogP contribution in [-0.2, 0) is 14.4 Å². The van der Waals surface area contributed by atoms with Gasteiger partial charge in [-0.3, -0.25) is 14.4 Å². The molecule has 2 aliphatic rings. The van der Waals surface area contributed by atoms with Gasteiger partial charge in [-0.2, -0.15) is 0 Å². The topological polar surface area (TPSA) is 77.9 Å². The smallest absolute Gasteiger partial charge is 0.311 e. The van der Waals surface area contributed by atoms with Gasteiger partial charge in [-0.05, 0) is 29.5 Å². The fourth-order valence-corrected chi connectivity index (χ4v) is 4.15. The Bertz CT molecular complexity index is 801. The molecule has 1 aromatic carbocycles. The predicted octanol–water partition coefficient (Wildman–Crippen LogP) is 2.91. The van der Waals surface area contributed by atoms with Crippen LogP contribution in [0.2, 0.25) is 0 Å². The van der Waals surface area contributed by atoms with Crippen LogP contribution in [0, 0.1) is 11.3 Å². The van der Waals surface area contributed by atoms with E-state index in [1.165, 1.54) is 6.92 Å². The average molecular weight is 370 g/mol. The fourth-order valence-electron chi connectivity index (χ4n) is 4.15. The summed E-state index contributed by atoms with van der Waals surface area (Å²) < 4.78 is 0. The summed E-state index contributed by atoms with van der Waals surface area (Å²) in [4.78, 5) is 40.1. The highest BCUT2D eigenvalue weighted by atomic mass is 16.4. The Labute approximate surface area is 159 Å².